The number of rotatable bonds is 9. The molecule has 0 bridgehead atoms. The van der Waals surface area contributed by atoms with Crippen LogP contribution >= 0.6 is 11.8 Å². The first-order chi connectivity index (χ1) is 24.2. The van der Waals surface area contributed by atoms with Crippen LogP contribution in [0.4, 0.5) is 0 Å². The van der Waals surface area contributed by atoms with Gasteiger partial charge in [0.1, 0.15) is 5.57 Å². The fourth-order valence-corrected chi connectivity index (χ4v) is 8.88. The van der Waals surface area contributed by atoms with E-state index in [4.69, 9.17) is 9.47 Å². The van der Waals surface area contributed by atoms with Gasteiger partial charge in [-0.05, 0) is 138 Å². The zero-order chi connectivity index (χ0) is 39.0. The summed E-state index contributed by atoms with van der Waals surface area (Å²) in [6, 6.07) is -1.88. The van der Waals surface area contributed by atoms with Crippen LogP contribution in [0.5, 0.6) is 0 Å². The molecule has 0 N–H and O–H groups in total. The van der Waals surface area contributed by atoms with E-state index in [0.29, 0.717) is 24.0 Å². The number of thioether (sulfide) groups is 1. The van der Waals surface area contributed by atoms with Gasteiger partial charge in [-0.1, -0.05) is 41.5 Å². The minimum Gasteiger partial charge on any atom is -0.462 e. The lowest BCUT2D eigenvalue weighted by Crippen LogP contribution is -2.53. The largest absolute Gasteiger partial charge is 0.462 e. The summed E-state index contributed by atoms with van der Waals surface area (Å²) < 4.78 is 84.9. The Bertz CT molecular complexity index is 1150. The molecule has 10 atom stereocenters. The molecule has 0 aromatic rings. The molecule has 0 amide bonds. The van der Waals surface area contributed by atoms with Crippen molar-refractivity contribution in [1.82, 2.24) is 4.90 Å². The maximum absolute atomic E-state index is 12.6. The maximum atomic E-state index is 12.6. The fourth-order valence-electron chi connectivity index (χ4n) is 7.18. The summed E-state index contributed by atoms with van der Waals surface area (Å²) in [5.74, 6) is -1.96. The topological polar surface area (TPSA) is 55.8 Å². The van der Waals surface area contributed by atoms with Gasteiger partial charge in [-0.15, -0.1) is 0 Å². The second-order valence-corrected chi connectivity index (χ2v) is 16.6. The number of nitrogens with zero attached hydrogens (tertiary/aromatic N) is 1. The molecule has 4 aliphatic rings. The minimum atomic E-state index is -1.02. The van der Waals surface area contributed by atoms with Crippen LogP contribution in [0.2, 0.25) is 0 Å². The molecule has 10 unspecified atom stereocenters. The van der Waals surface area contributed by atoms with Crippen LogP contribution in [0.3, 0.4) is 0 Å². The van der Waals surface area contributed by atoms with Gasteiger partial charge in [0.05, 0.1) is 13.2 Å². The molecule has 0 aromatic carbocycles. The molecular formula is C38H65NO4S. The van der Waals surface area contributed by atoms with Crippen LogP contribution in [0.1, 0.15) is 156 Å². The zero-order valence-electron chi connectivity index (χ0n) is 36.5. The zero-order valence-corrected chi connectivity index (χ0v) is 29.3. The highest BCUT2D eigenvalue weighted by atomic mass is 32.2. The highest BCUT2D eigenvalue weighted by Crippen LogP contribution is 2.48. The second kappa shape index (κ2) is 15.7. The summed E-state index contributed by atoms with van der Waals surface area (Å²) in [5, 5.41) is 0.267. The molecule has 4 rings (SSSR count). The highest BCUT2D eigenvalue weighted by Gasteiger charge is 2.42. The van der Waals surface area contributed by atoms with Crippen molar-refractivity contribution in [3.05, 3.63) is 11.6 Å². The quantitative estimate of drug-likeness (QED) is 0.108. The summed E-state index contributed by atoms with van der Waals surface area (Å²) >= 11 is 1.77. The molecule has 3 aliphatic carbocycles. The molecule has 1 saturated heterocycles. The molecule has 5 nitrogen and oxygen atoms in total. The predicted molar refractivity (Wildman–Crippen MR) is 184 cm³/mol. The second-order valence-electron chi connectivity index (χ2n) is 15.1. The van der Waals surface area contributed by atoms with E-state index in [0.717, 1.165) is 25.7 Å². The van der Waals surface area contributed by atoms with Crippen molar-refractivity contribution in [1.29, 1.82) is 0 Å². The summed E-state index contributed by atoms with van der Waals surface area (Å²) in [6.45, 7) is 15.5. The molecular weight excluding hydrogens is 566 g/mol. The molecule has 4 fully saturated rings. The van der Waals surface area contributed by atoms with E-state index in [9.17, 15) is 20.6 Å². The van der Waals surface area contributed by atoms with Crippen LogP contribution in [0.15, 0.2) is 11.6 Å². The number of esters is 2. The van der Waals surface area contributed by atoms with Gasteiger partial charge < -0.3 is 9.47 Å². The molecule has 0 spiro atoms. The first-order valence-electron chi connectivity index (χ1n) is 21.7. The van der Waals surface area contributed by atoms with Crippen LogP contribution < -0.4 is 0 Å². The van der Waals surface area contributed by atoms with Crippen LogP contribution in [0.25, 0.3) is 0 Å². The Morgan fingerprint density at radius 1 is 0.705 bits per heavy atom. The SMILES string of the molecule is [2H]C1C([2H])C(C(C)(C)C)C([2H])C([2H])C1N(C1CCC(C2CCC(C=C(C(=O)OCC)C(=O)OCC)S2)CC1)C1C([2H])C([2H])C(C(C)(C)C)C([2H])C1[2H]. The van der Waals surface area contributed by atoms with Gasteiger partial charge in [-0.25, -0.2) is 9.59 Å². The Balaban J connectivity index is 1.61. The van der Waals surface area contributed by atoms with E-state index >= 15 is 0 Å². The van der Waals surface area contributed by atoms with E-state index in [1.54, 1.807) is 31.7 Å². The fraction of sp³-hybridized carbons (Fsp3) is 0.895. The average Bonchev–Trinajstić information content (AvgIpc) is 3.52. The standard InChI is InChI=1S/C38H65NO4S/c1-9-42-35(40)33(36(41)43-10-2)25-32-23-24-34(44-32)26-11-17-29(18-12-26)39(30-19-13-27(14-20-30)37(3,4)5)31-21-15-28(16-22-31)38(6,7)8/h25-32,34H,9-24H2,1-8H3/i13D,14D,15D,16D,19D,20D,21D,22D. The smallest absolute Gasteiger partial charge is 0.345 e. The molecule has 1 aliphatic heterocycles. The molecule has 6 heteroatoms. The van der Waals surface area contributed by atoms with Crippen molar-refractivity contribution >= 4 is 23.7 Å². The third-order valence-corrected chi connectivity index (χ3v) is 11.6. The highest BCUT2D eigenvalue weighted by molar-refractivity contribution is 8.00. The van der Waals surface area contributed by atoms with Crippen LogP contribution in [-0.4, -0.2) is 58.7 Å². The molecule has 1 heterocycles. The molecule has 44 heavy (non-hydrogen) atoms. The number of ether oxygens (including phenoxy) is 2. The third-order valence-electron chi connectivity index (χ3n) is 9.87. The Labute approximate surface area is 285 Å². The third kappa shape index (κ3) is 9.29. The van der Waals surface area contributed by atoms with E-state index in [-0.39, 0.29) is 30.1 Å². The summed E-state index contributed by atoms with van der Waals surface area (Å²) in [4.78, 5) is 27.2. The average molecular weight is 640 g/mol. The Hall–Kier alpha value is -1.01. The first-order valence-corrected chi connectivity index (χ1v) is 18.0. The van der Waals surface area contributed by atoms with Crippen molar-refractivity contribution in [3.63, 3.8) is 0 Å². The lowest BCUT2D eigenvalue weighted by Gasteiger charge is -2.51. The van der Waals surface area contributed by atoms with E-state index in [1.807, 2.05) is 46.4 Å². The van der Waals surface area contributed by atoms with Crippen molar-refractivity contribution in [2.24, 2.45) is 28.6 Å². The lowest BCUT2D eigenvalue weighted by atomic mass is 9.69. The van der Waals surface area contributed by atoms with Crippen LogP contribution in [0, 0.1) is 28.6 Å². The maximum Gasteiger partial charge on any atom is 0.345 e. The van der Waals surface area contributed by atoms with Crippen LogP contribution in [-0.2, 0) is 19.1 Å². The van der Waals surface area contributed by atoms with Gasteiger partial charge in [0.2, 0.25) is 0 Å². The monoisotopic (exact) mass is 640 g/mol. The molecule has 3 saturated carbocycles. The van der Waals surface area contributed by atoms with E-state index in [2.05, 4.69) is 0 Å². The number of carbonyl (C=O) groups excluding carboxylic acids is 2. The van der Waals surface area contributed by atoms with Gasteiger partial charge in [0, 0.05) is 39.6 Å². The van der Waals surface area contributed by atoms with Gasteiger partial charge in [-0.2, -0.15) is 11.8 Å². The van der Waals surface area contributed by atoms with Gasteiger partial charge in [0.25, 0.3) is 0 Å². The molecule has 0 radical (unpaired) electrons. The predicted octanol–water partition coefficient (Wildman–Crippen LogP) is 9.37. The lowest BCUT2D eigenvalue weighted by molar-refractivity contribution is -0.146. The Morgan fingerprint density at radius 2 is 1.16 bits per heavy atom. The first kappa shape index (κ1) is 26.0. The Kier molecular flexibility index (Phi) is 9.29. The molecule has 0 aromatic heterocycles. The minimum absolute atomic E-state index is 0.0359. The van der Waals surface area contributed by atoms with Crippen molar-refractivity contribution in [3.8, 4) is 0 Å². The Morgan fingerprint density at radius 3 is 1.57 bits per heavy atom. The number of hydrogen-bond acceptors (Lipinski definition) is 6. The van der Waals surface area contributed by atoms with E-state index < -0.39 is 97.9 Å². The molecule has 252 valence electrons. The van der Waals surface area contributed by atoms with Crippen molar-refractivity contribution < 1.29 is 30.0 Å². The summed E-state index contributed by atoms with van der Waals surface area (Å²) in [7, 11) is 0. The summed E-state index contributed by atoms with van der Waals surface area (Å²) in [5.41, 5.74) is -0.942. The van der Waals surface area contributed by atoms with Gasteiger partial charge in [-0.3, -0.25) is 4.90 Å². The van der Waals surface area contributed by atoms with Gasteiger partial charge in [0.15, 0.2) is 0 Å². The van der Waals surface area contributed by atoms with E-state index in [1.165, 1.54) is 0 Å². The summed E-state index contributed by atoms with van der Waals surface area (Å²) in [6.07, 6.45) is -1.24. The normalized spacial score (nSPS) is 49.6. The number of hydrogen-bond donors (Lipinski definition) is 0. The van der Waals surface area contributed by atoms with Gasteiger partial charge >= 0.3 is 11.9 Å². The number of carbonyl (C=O) groups is 2. The van der Waals surface area contributed by atoms with Crippen molar-refractivity contribution in [2.75, 3.05) is 13.2 Å². The van der Waals surface area contributed by atoms with Crippen molar-refractivity contribution in [2.45, 2.75) is 174 Å².